The highest BCUT2D eigenvalue weighted by molar-refractivity contribution is 14.1. The van der Waals surface area contributed by atoms with E-state index < -0.39 is 0 Å². The summed E-state index contributed by atoms with van der Waals surface area (Å²) in [6.07, 6.45) is 0.379. The molecule has 0 unspecified atom stereocenters. The van der Waals surface area contributed by atoms with Crippen LogP contribution < -0.4 is 5.32 Å². The Morgan fingerprint density at radius 1 is 1.32 bits per heavy atom. The summed E-state index contributed by atoms with van der Waals surface area (Å²) in [7, 11) is 0. The fourth-order valence-corrected chi connectivity index (χ4v) is 2.71. The number of halogens is 1. The van der Waals surface area contributed by atoms with Crippen LogP contribution >= 0.6 is 22.6 Å². The van der Waals surface area contributed by atoms with Gasteiger partial charge in [0, 0.05) is 22.3 Å². The smallest absolute Gasteiger partial charge is 0.238 e. The molecule has 1 heterocycles. The Labute approximate surface area is 127 Å². The molecule has 1 amide bonds. The lowest BCUT2D eigenvalue weighted by molar-refractivity contribution is -0.121. The summed E-state index contributed by atoms with van der Waals surface area (Å²) in [6.45, 7) is 6.12. The van der Waals surface area contributed by atoms with Crippen LogP contribution in [0, 0.1) is 3.57 Å². The van der Waals surface area contributed by atoms with E-state index in [-0.39, 0.29) is 18.1 Å². The molecule has 5 heteroatoms. The zero-order chi connectivity index (χ0) is 13.8. The number of morpholine rings is 1. The van der Waals surface area contributed by atoms with Crippen molar-refractivity contribution in [3.63, 3.8) is 0 Å². The Morgan fingerprint density at radius 2 is 1.89 bits per heavy atom. The number of hydrogen-bond acceptors (Lipinski definition) is 3. The van der Waals surface area contributed by atoms with Gasteiger partial charge in [0.15, 0.2) is 0 Å². The fourth-order valence-electron chi connectivity index (χ4n) is 2.35. The van der Waals surface area contributed by atoms with Crippen molar-refractivity contribution in [2.24, 2.45) is 0 Å². The number of amides is 1. The number of nitrogens with one attached hydrogen (secondary N) is 1. The molecule has 1 aliphatic rings. The van der Waals surface area contributed by atoms with E-state index in [0.29, 0.717) is 6.54 Å². The van der Waals surface area contributed by atoms with Crippen LogP contribution in [0.25, 0.3) is 0 Å². The first-order chi connectivity index (χ1) is 9.02. The number of benzene rings is 1. The maximum absolute atomic E-state index is 12.0. The normalized spacial score (nSPS) is 24.2. The van der Waals surface area contributed by atoms with E-state index in [1.807, 2.05) is 38.1 Å². The highest BCUT2D eigenvalue weighted by Crippen LogP contribution is 2.13. The fraction of sp³-hybridized carbons (Fsp3) is 0.500. The second-order valence-electron chi connectivity index (χ2n) is 5.01. The topological polar surface area (TPSA) is 41.6 Å². The molecular weight excluding hydrogens is 355 g/mol. The third-order valence-corrected chi connectivity index (χ3v) is 3.71. The molecule has 1 aliphatic heterocycles. The van der Waals surface area contributed by atoms with Crippen LogP contribution in [0.1, 0.15) is 13.8 Å². The number of anilines is 1. The second-order valence-corrected chi connectivity index (χ2v) is 6.25. The minimum atomic E-state index is 0.0301. The largest absolute Gasteiger partial charge is 0.373 e. The van der Waals surface area contributed by atoms with Gasteiger partial charge in [0.05, 0.1) is 18.8 Å². The Balaban J connectivity index is 1.85. The van der Waals surface area contributed by atoms with E-state index in [9.17, 15) is 4.79 Å². The van der Waals surface area contributed by atoms with E-state index in [0.717, 1.165) is 22.3 Å². The summed E-state index contributed by atoms with van der Waals surface area (Å²) >= 11 is 2.24. The van der Waals surface area contributed by atoms with Crippen molar-refractivity contribution in [1.82, 2.24) is 4.90 Å². The molecular formula is C14H19IN2O2. The number of rotatable bonds is 3. The van der Waals surface area contributed by atoms with Gasteiger partial charge in [0.2, 0.25) is 5.91 Å². The molecule has 2 rings (SSSR count). The van der Waals surface area contributed by atoms with Gasteiger partial charge >= 0.3 is 0 Å². The Morgan fingerprint density at radius 3 is 2.47 bits per heavy atom. The van der Waals surface area contributed by atoms with E-state index in [1.54, 1.807) is 0 Å². The summed E-state index contributed by atoms with van der Waals surface area (Å²) in [5.41, 5.74) is 0.847. The van der Waals surface area contributed by atoms with Gasteiger partial charge in [0.25, 0.3) is 0 Å². The van der Waals surface area contributed by atoms with Gasteiger partial charge in [0.1, 0.15) is 0 Å². The maximum Gasteiger partial charge on any atom is 0.238 e. The van der Waals surface area contributed by atoms with E-state index in [4.69, 9.17) is 4.74 Å². The first-order valence-corrected chi connectivity index (χ1v) is 7.54. The van der Waals surface area contributed by atoms with Crippen molar-refractivity contribution in [3.05, 3.63) is 27.8 Å². The van der Waals surface area contributed by atoms with Gasteiger partial charge in [-0.15, -0.1) is 0 Å². The highest BCUT2D eigenvalue weighted by atomic mass is 127. The third kappa shape index (κ3) is 4.74. The monoisotopic (exact) mass is 374 g/mol. The van der Waals surface area contributed by atoms with Gasteiger partial charge in [-0.1, -0.05) is 0 Å². The van der Waals surface area contributed by atoms with Crippen LogP contribution in [0.3, 0.4) is 0 Å². The van der Waals surface area contributed by atoms with Gasteiger partial charge in [-0.05, 0) is 60.7 Å². The average Bonchev–Trinajstić information content (AvgIpc) is 2.30. The molecule has 104 valence electrons. The molecule has 1 aromatic rings. The van der Waals surface area contributed by atoms with Crippen molar-refractivity contribution >= 4 is 34.2 Å². The molecule has 0 bridgehead atoms. The minimum absolute atomic E-state index is 0.0301. The van der Waals surface area contributed by atoms with E-state index in [1.165, 1.54) is 0 Å². The first kappa shape index (κ1) is 14.7. The molecule has 0 aliphatic carbocycles. The Hall–Kier alpha value is -0.660. The van der Waals surface area contributed by atoms with E-state index >= 15 is 0 Å². The van der Waals surface area contributed by atoms with Crippen LogP contribution in [0.15, 0.2) is 24.3 Å². The Bertz CT molecular complexity index is 426. The molecule has 0 aromatic heterocycles. The van der Waals surface area contributed by atoms with Gasteiger partial charge in [-0.25, -0.2) is 0 Å². The van der Waals surface area contributed by atoms with Crippen LogP contribution in [0.5, 0.6) is 0 Å². The maximum atomic E-state index is 12.0. The van der Waals surface area contributed by atoms with Crippen molar-refractivity contribution < 1.29 is 9.53 Å². The number of carbonyl (C=O) groups excluding carboxylic acids is 1. The Kier molecular flexibility index (Phi) is 5.18. The highest BCUT2D eigenvalue weighted by Gasteiger charge is 2.23. The average molecular weight is 374 g/mol. The van der Waals surface area contributed by atoms with Gasteiger partial charge in [-0.2, -0.15) is 0 Å². The SMILES string of the molecule is C[C@@H]1CN(CC(=O)Nc2ccc(I)cc2)C[C@@H](C)O1. The van der Waals surface area contributed by atoms with Crippen molar-refractivity contribution in [3.8, 4) is 0 Å². The molecule has 4 nitrogen and oxygen atoms in total. The third-order valence-electron chi connectivity index (χ3n) is 2.99. The summed E-state index contributed by atoms with van der Waals surface area (Å²) < 4.78 is 6.81. The number of nitrogens with zero attached hydrogens (tertiary/aromatic N) is 1. The lowest BCUT2D eigenvalue weighted by atomic mass is 10.2. The van der Waals surface area contributed by atoms with Crippen LogP contribution in [0.4, 0.5) is 5.69 Å². The first-order valence-electron chi connectivity index (χ1n) is 6.46. The molecule has 0 radical (unpaired) electrons. The predicted molar refractivity (Wildman–Crippen MR) is 84.2 cm³/mol. The summed E-state index contributed by atoms with van der Waals surface area (Å²) in [5, 5.41) is 2.92. The number of carbonyl (C=O) groups is 1. The molecule has 1 saturated heterocycles. The lowest BCUT2D eigenvalue weighted by Crippen LogP contribution is -2.48. The van der Waals surface area contributed by atoms with Crippen LogP contribution in [-0.2, 0) is 9.53 Å². The van der Waals surface area contributed by atoms with Gasteiger partial charge < -0.3 is 10.1 Å². The summed E-state index contributed by atoms with van der Waals surface area (Å²) in [6, 6.07) is 7.80. The molecule has 1 aromatic carbocycles. The second kappa shape index (κ2) is 6.67. The molecule has 0 spiro atoms. The zero-order valence-electron chi connectivity index (χ0n) is 11.2. The molecule has 1 N–H and O–H groups in total. The van der Waals surface area contributed by atoms with Crippen LogP contribution in [0.2, 0.25) is 0 Å². The van der Waals surface area contributed by atoms with E-state index in [2.05, 4.69) is 32.8 Å². The quantitative estimate of drug-likeness (QED) is 0.826. The molecule has 19 heavy (non-hydrogen) atoms. The standard InChI is InChI=1S/C14H19IN2O2/c1-10-7-17(8-11(2)19-10)9-14(18)16-13-5-3-12(15)4-6-13/h3-6,10-11H,7-9H2,1-2H3,(H,16,18)/t10-,11-/m1/s1. The number of hydrogen-bond donors (Lipinski definition) is 1. The van der Waals surface area contributed by atoms with Crippen molar-refractivity contribution in [1.29, 1.82) is 0 Å². The van der Waals surface area contributed by atoms with Crippen molar-refractivity contribution in [2.45, 2.75) is 26.1 Å². The van der Waals surface area contributed by atoms with Gasteiger partial charge in [-0.3, -0.25) is 9.69 Å². The lowest BCUT2D eigenvalue weighted by Gasteiger charge is -2.34. The zero-order valence-corrected chi connectivity index (χ0v) is 13.4. The minimum Gasteiger partial charge on any atom is -0.373 e. The van der Waals surface area contributed by atoms with Crippen LogP contribution in [-0.4, -0.2) is 42.6 Å². The predicted octanol–water partition coefficient (Wildman–Crippen LogP) is 2.34. The molecule has 2 atom stereocenters. The molecule has 1 fully saturated rings. The summed E-state index contributed by atoms with van der Waals surface area (Å²) in [4.78, 5) is 14.1. The summed E-state index contributed by atoms with van der Waals surface area (Å²) in [5.74, 6) is 0.0301. The number of ether oxygens (including phenoxy) is 1. The van der Waals surface area contributed by atoms with Crippen molar-refractivity contribution in [2.75, 3.05) is 25.0 Å². The molecule has 0 saturated carbocycles.